The molecule has 0 bridgehead atoms. The Bertz CT molecular complexity index is 389. The number of rotatable bonds is 5. The lowest BCUT2D eigenvalue weighted by atomic mass is 9.93. The molecule has 4 heteroatoms. The van der Waals surface area contributed by atoms with Crippen LogP contribution in [0.5, 0.6) is 5.75 Å². The average molecular weight is 236 g/mol. The van der Waals surface area contributed by atoms with Crippen molar-refractivity contribution in [2.24, 2.45) is 0 Å². The molecule has 1 aromatic rings. The van der Waals surface area contributed by atoms with Gasteiger partial charge in [0.15, 0.2) is 0 Å². The summed E-state index contributed by atoms with van der Waals surface area (Å²) in [5.74, 6) is 0.741. The third-order valence-corrected chi connectivity index (χ3v) is 2.57. The molecule has 0 radical (unpaired) electrons. The number of para-hydroxylation sites is 1. The Morgan fingerprint density at radius 3 is 2.59 bits per heavy atom. The largest absolute Gasteiger partial charge is 0.496 e. The van der Waals surface area contributed by atoms with E-state index in [9.17, 15) is 4.79 Å². The zero-order valence-corrected chi connectivity index (χ0v) is 10.8. The first-order valence-electron chi connectivity index (χ1n) is 5.60. The summed E-state index contributed by atoms with van der Waals surface area (Å²) >= 11 is 0. The maximum Gasteiger partial charge on any atom is 0.234 e. The molecule has 0 aliphatic carbocycles. The second kappa shape index (κ2) is 5.68. The van der Waals surface area contributed by atoms with Crippen molar-refractivity contribution in [3.63, 3.8) is 0 Å². The average Bonchev–Trinajstić information content (AvgIpc) is 2.28. The molecule has 0 atom stereocenters. The van der Waals surface area contributed by atoms with Crippen molar-refractivity contribution in [1.29, 1.82) is 0 Å². The molecule has 0 aliphatic rings. The molecule has 94 valence electrons. The molecule has 0 fully saturated rings. The third kappa shape index (κ3) is 3.46. The van der Waals surface area contributed by atoms with Crippen molar-refractivity contribution in [2.45, 2.75) is 19.4 Å². The van der Waals surface area contributed by atoms with Gasteiger partial charge in [-0.25, -0.2) is 0 Å². The number of benzene rings is 1. The molecule has 0 aromatic heterocycles. The first kappa shape index (κ1) is 13.5. The van der Waals surface area contributed by atoms with Crippen LogP contribution in [0, 0.1) is 0 Å². The predicted octanol–water partition coefficient (Wildman–Crippen LogP) is 1.27. The van der Waals surface area contributed by atoms with Crippen LogP contribution in [0.2, 0.25) is 0 Å². The minimum Gasteiger partial charge on any atom is -0.496 e. The van der Waals surface area contributed by atoms with Crippen molar-refractivity contribution >= 4 is 5.91 Å². The van der Waals surface area contributed by atoms with Crippen LogP contribution in [0.15, 0.2) is 24.3 Å². The number of likely N-dealkylation sites (N-methyl/N-ethyl adjacent to an activating group) is 1. The minimum absolute atomic E-state index is 0.0385. The molecule has 0 heterocycles. The van der Waals surface area contributed by atoms with Crippen LogP contribution < -0.4 is 15.4 Å². The molecule has 2 N–H and O–H groups in total. The van der Waals surface area contributed by atoms with Crippen LogP contribution >= 0.6 is 0 Å². The Kier molecular flexibility index (Phi) is 4.52. The van der Waals surface area contributed by atoms with Gasteiger partial charge >= 0.3 is 0 Å². The maximum atomic E-state index is 11.6. The van der Waals surface area contributed by atoms with Gasteiger partial charge in [0.25, 0.3) is 0 Å². The summed E-state index contributed by atoms with van der Waals surface area (Å²) in [7, 11) is 3.38. The Balaban J connectivity index is 2.92. The van der Waals surface area contributed by atoms with Crippen molar-refractivity contribution in [1.82, 2.24) is 10.6 Å². The summed E-state index contributed by atoms with van der Waals surface area (Å²) in [6, 6.07) is 7.69. The van der Waals surface area contributed by atoms with Gasteiger partial charge in [-0.1, -0.05) is 18.2 Å². The van der Waals surface area contributed by atoms with Crippen LogP contribution in [-0.4, -0.2) is 26.6 Å². The zero-order chi connectivity index (χ0) is 12.9. The zero-order valence-electron chi connectivity index (χ0n) is 10.8. The van der Waals surface area contributed by atoms with Gasteiger partial charge in [-0.3, -0.25) is 4.79 Å². The van der Waals surface area contributed by atoms with Crippen LogP contribution in [0.4, 0.5) is 0 Å². The summed E-state index contributed by atoms with van der Waals surface area (Å²) in [4.78, 5) is 11.6. The van der Waals surface area contributed by atoms with E-state index >= 15 is 0 Å². The Hall–Kier alpha value is -1.55. The van der Waals surface area contributed by atoms with E-state index in [0.717, 1.165) is 11.3 Å². The highest BCUT2D eigenvalue weighted by atomic mass is 16.5. The topological polar surface area (TPSA) is 50.4 Å². The van der Waals surface area contributed by atoms with Crippen LogP contribution in [0.3, 0.4) is 0 Å². The number of nitrogens with one attached hydrogen (secondary N) is 2. The molecule has 0 saturated heterocycles. The van der Waals surface area contributed by atoms with Crippen LogP contribution in [0.1, 0.15) is 19.4 Å². The van der Waals surface area contributed by atoms with Gasteiger partial charge in [-0.2, -0.15) is 0 Å². The summed E-state index contributed by atoms with van der Waals surface area (Å²) in [5, 5.41) is 5.79. The number of ether oxygens (including phenoxy) is 1. The van der Waals surface area contributed by atoms with E-state index < -0.39 is 5.54 Å². The van der Waals surface area contributed by atoms with E-state index in [0.29, 0.717) is 6.54 Å². The highest BCUT2D eigenvalue weighted by Crippen LogP contribution is 2.28. The molecule has 0 saturated carbocycles. The fraction of sp³-hybridized carbons (Fsp3) is 0.462. The van der Waals surface area contributed by atoms with Crippen LogP contribution in [0.25, 0.3) is 0 Å². The van der Waals surface area contributed by atoms with Crippen molar-refractivity contribution in [3.8, 4) is 5.75 Å². The first-order valence-corrected chi connectivity index (χ1v) is 5.60. The first-order chi connectivity index (χ1) is 8.01. The van der Waals surface area contributed by atoms with Gasteiger partial charge in [0.1, 0.15) is 5.75 Å². The summed E-state index contributed by atoms with van der Waals surface area (Å²) < 4.78 is 5.31. The van der Waals surface area contributed by atoms with E-state index in [-0.39, 0.29) is 5.91 Å². The molecular formula is C13H20N2O2. The summed E-state index contributed by atoms with van der Waals surface area (Å²) in [5.41, 5.74) is 0.507. The second-order valence-corrected chi connectivity index (χ2v) is 4.40. The lowest BCUT2D eigenvalue weighted by Crippen LogP contribution is -2.44. The summed E-state index contributed by atoms with van der Waals surface area (Å²) in [6.45, 7) is 4.22. The number of methoxy groups -OCH3 is 1. The fourth-order valence-electron chi connectivity index (χ4n) is 1.78. The predicted molar refractivity (Wildman–Crippen MR) is 68.1 cm³/mol. The SMILES string of the molecule is CNCC(=O)NC(C)(C)c1ccccc1OC. The standard InChI is InChI=1S/C13H20N2O2/c1-13(2,15-12(16)9-14-3)10-7-5-6-8-11(10)17-4/h5-8,14H,9H2,1-4H3,(H,15,16). The number of hydrogen-bond donors (Lipinski definition) is 2. The van der Waals surface area contributed by atoms with E-state index in [4.69, 9.17) is 4.74 Å². The molecule has 0 spiro atoms. The minimum atomic E-state index is -0.458. The van der Waals surface area contributed by atoms with Gasteiger partial charge in [0.05, 0.1) is 19.2 Å². The Morgan fingerprint density at radius 1 is 1.35 bits per heavy atom. The Labute approximate surface area is 102 Å². The molecule has 0 aliphatic heterocycles. The highest BCUT2D eigenvalue weighted by Gasteiger charge is 2.25. The molecule has 1 aromatic carbocycles. The molecular weight excluding hydrogens is 216 g/mol. The number of carbonyl (C=O) groups excluding carboxylic acids is 1. The monoisotopic (exact) mass is 236 g/mol. The highest BCUT2D eigenvalue weighted by molar-refractivity contribution is 5.79. The molecule has 0 unspecified atom stereocenters. The normalized spacial score (nSPS) is 11.1. The lowest BCUT2D eigenvalue weighted by molar-refractivity contribution is -0.121. The van der Waals surface area contributed by atoms with Crippen LogP contribution in [-0.2, 0) is 10.3 Å². The van der Waals surface area contributed by atoms with Crippen molar-refractivity contribution in [3.05, 3.63) is 29.8 Å². The van der Waals surface area contributed by atoms with E-state index in [1.54, 1.807) is 14.2 Å². The number of hydrogen-bond acceptors (Lipinski definition) is 3. The van der Waals surface area contributed by atoms with E-state index in [1.165, 1.54) is 0 Å². The van der Waals surface area contributed by atoms with Crippen molar-refractivity contribution in [2.75, 3.05) is 20.7 Å². The molecule has 1 amide bonds. The maximum absolute atomic E-state index is 11.6. The van der Waals surface area contributed by atoms with Gasteiger partial charge in [0.2, 0.25) is 5.91 Å². The smallest absolute Gasteiger partial charge is 0.234 e. The van der Waals surface area contributed by atoms with Gasteiger partial charge in [-0.05, 0) is 27.0 Å². The molecule has 1 rings (SSSR count). The number of carbonyl (C=O) groups is 1. The molecule has 4 nitrogen and oxygen atoms in total. The van der Waals surface area contributed by atoms with E-state index in [2.05, 4.69) is 10.6 Å². The number of amides is 1. The fourth-order valence-corrected chi connectivity index (χ4v) is 1.78. The molecule has 17 heavy (non-hydrogen) atoms. The van der Waals surface area contributed by atoms with Crippen molar-refractivity contribution < 1.29 is 9.53 Å². The lowest BCUT2D eigenvalue weighted by Gasteiger charge is -2.28. The second-order valence-electron chi connectivity index (χ2n) is 4.40. The third-order valence-electron chi connectivity index (χ3n) is 2.57. The summed E-state index contributed by atoms with van der Waals surface area (Å²) in [6.07, 6.45) is 0. The van der Waals surface area contributed by atoms with Gasteiger partial charge in [-0.15, -0.1) is 0 Å². The van der Waals surface area contributed by atoms with Gasteiger partial charge in [0, 0.05) is 5.56 Å². The van der Waals surface area contributed by atoms with Gasteiger partial charge < -0.3 is 15.4 Å². The van der Waals surface area contributed by atoms with E-state index in [1.807, 2.05) is 38.1 Å². The Morgan fingerprint density at radius 2 is 2.00 bits per heavy atom. The quantitative estimate of drug-likeness (QED) is 0.809.